The van der Waals surface area contributed by atoms with Crippen molar-refractivity contribution in [2.45, 2.75) is 26.7 Å². The third-order valence-electron chi connectivity index (χ3n) is 3.96. The zero-order valence-corrected chi connectivity index (χ0v) is 15.5. The predicted octanol–water partition coefficient (Wildman–Crippen LogP) is 4.22. The van der Waals surface area contributed by atoms with E-state index in [4.69, 9.17) is 4.74 Å². The number of amides is 1. The highest BCUT2D eigenvalue weighted by Gasteiger charge is 2.08. The molecule has 0 spiro atoms. The molecule has 0 aromatic heterocycles. The van der Waals surface area contributed by atoms with Crippen LogP contribution >= 0.6 is 0 Å². The van der Waals surface area contributed by atoms with E-state index in [1.807, 2.05) is 61.5 Å². The average molecular weight is 348 g/mol. The van der Waals surface area contributed by atoms with E-state index in [0.717, 1.165) is 16.9 Å². The van der Waals surface area contributed by atoms with Gasteiger partial charge in [-0.1, -0.05) is 55.8 Å². The van der Waals surface area contributed by atoms with E-state index in [2.05, 4.69) is 19.2 Å². The van der Waals surface area contributed by atoms with Crippen LogP contribution in [0.1, 0.15) is 36.5 Å². The van der Waals surface area contributed by atoms with Gasteiger partial charge in [0.05, 0.1) is 6.54 Å². The maximum Gasteiger partial charge on any atom is 0.262 e. The molecule has 0 atom stereocenters. The maximum absolute atomic E-state index is 12.2. The minimum atomic E-state index is -0.395. The standard InChI is InChI=1S/C22H24N2O2/c1-16(2)19-8-6-18(7-9-19)14-20(15-23)22(25)24-12-13-26-21-10-4-17(3)5-11-21/h4-11,14,16H,12-13H2,1-3H3,(H,24,25)/b20-14+. The molecule has 0 aliphatic carbocycles. The summed E-state index contributed by atoms with van der Waals surface area (Å²) in [4.78, 5) is 12.2. The maximum atomic E-state index is 12.2. The fraction of sp³-hybridized carbons (Fsp3) is 0.273. The first kappa shape index (κ1) is 19.3. The van der Waals surface area contributed by atoms with E-state index in [1.54, 1.807) is 6.08 Å². The summed E-state index contributed by atoms with van der Waals surface area (Å²) < 4.78 is 5.56. The molecule has 1 N–H and O–H groups in total. The molecule has 0 aliphatic rings. The van der Waals surface area contributed by atoms with Gasteiger partial charge >= 0.3 is 0 Å². The van der Waals surface area contributed by atoms with Crippen LogP contribution in [0.5, 0.6) is 5.75 Å². The van der Waals surface area contributed by atoms with Crippen LogP contribution in [0.2, 0.25) is 0 Å². The van der Waals surface area contributed by atoms with Gasteiger partial charge in [0.1, 0.15) is 24.0 Å². The Hall–Kier alpha value is -3.06. The smallest absolute Gasteiger partial charge is 0.262 e. The van der Waals surface area contributed by atoms with Crippen LogP contribution < -0.4 is 10.1 Å². The Morgan fingerprint density at radius 2 is 1.81 bits per heavy atom. The van der Waals surface area contributed by atoms with Gasteiger partial charge in [-0.3, -0.25) is 4.79 Å². The van der Waals surface area contributed by atoms with Crippen molar-refractivity contribution in [3.8, 4) is 11.8 Å². The summed E-state index contributed by atoms with van der Waals surface area (Å²) in [5.74, 6) is 0.805. The van der Waals surface area contributed by atoms with Crippen molar-refractivity contribution in [1.82, 2.24) is 5.32 Å². The molecule has 2 aromatic rings. The van der Waals surface area contributed by atoms with Gasteiger partial charge in [-0.15, -0.1) is 0 Å². The zero-order valence-electron chi connectivity index (χ0n) is 15.5. The summed E-state index contributed by atoms with van der Waals surface area (Å²) >= 11 is 0. The van der Waals surface area contributed by atoms with Crippen molar-refractivity contribution in [3.63, 3.8) is 0 Å². The van der Waals surface area contributed by atoms with Gasteiger partial charge in [0.15, 0.2) is 0 Å². The van der Waals surface area contributed by atoms with Crippen LogP contribution in [0.3, 0.4) is 0 Å². The first-order valence-corrected chi connectivity index (χ1v) is 8.69. The molecule has 134 valence electrons. The third kappa shape index (κ3) is 5.78. The second kappa shape index (κ2) is 9.43. The minimum absolute atomic E-state index is 0.0811. The Balaban J connectivity index is 1.87. The molecule has 2 rings (SSSR count). The Kier molecular flexibility index (Phi) is 6.99. The molecule has 0 bridgehead atoms. The quantitative estimate of drug-likeness (QED) is 0.463. The number of carbonyl (C=O) groups excluding carboxylic acids is 1. The van der Waals surface area contributed by atoms with E-state index < -0.39 is 5.91 Å². The third-order valence-corrected chi connectivity index (χ3v) is 3.96. The lowest BCUT2D eigenvalue weighted by atomic mass is 10.0. The summed E-state index contributed by atoms with van der Waals surface area (Å²) in [5.41, 5.74) is 3.30. The van der Waals surface area contributed by atoms with Crippen molar-refractivity contribution in [2.24, 2.45) is 0 Å². The van der Waals surface area contributed by atoms with Gasteiger partial charge in [-0.2, -0.15) is 5.26 Å². The first-order valence-electron chi connectivity index (χ1n) is 8.69. The molecule has 2 aromatic carbocycles. The van der Waals surface area contributed by atoms with E-state index in [9.17, 15) is 10.1 Å². The molecular formula is C22H24N2O2. The Morgan fingerprint density at radius 3 is 2.38 bits per heavy atom. The Labute approximate surface area is 155 Å². The van der Waals surface area contributed by atoms with Gasteiger partial charge in [-0.25, -0.2) is 0 Å². The van der Waals surface area contributed by atoms with E-state index >= 15 is 0 Å². The fourth-order valence-corrected chi connectivity index (χ4v) is 2.36. The molecule has 0 radical (unpaired) electrons. The minimum Gasteiger partial charge on any atom is -0.492 e. The van der Waals surface area contributed by atoms with Crippen LogP contribution in [-0.2, 0) is 4.79 Å². The molecule has 0 heterocycles. The average Bonchev–Trinajstić information content (AvgIpc) is 2.65. The van der Waals surface area contributed by atoms with E-state index in [1.165, 1.54) is 5.56 Å². The summed E-state index contributed by atoms with van der Waals surface area (Å²) in [7, 11) is 0. The molecule has 0 fully saturated rings. The zero-order chi connectivity index (χ0) is 18.9. The lowest BCUT2D eigenvalue weighted by molar-refractivity contribution is -0.117. The molecule has 0 aliphatic heterocycles. The fourth-order valence-electron chi connectivity index (χ4n) is 2.36. The van der Waals surface area contributed by atoms with Crippen molar-refractivity contribution in [3.05, 3.63) is 70.8 Å². The molecule has 1 amide bonds. The van der Waals surface area contributed by atoms with Crippen LogP contribution in [0.15, 0.2) is 54.1 Å². The van der Waals surface area contributed by atoms with Gasteiger partial charge in [-0.05, 0) is 42.2 Å². The number of hydrogen-bond acceptors (Lipinski definition) is 3. The van der Waals surface area contributed by atoms with Crippen molar-refractivity contribution < 1.29 is 9.53 Å². The number of nitriles is 1. The summed E-state index contributed by atoms with van der Waals surface area (Å²) in [6.45, 7) is 6.93. The number of carbonyl (C=O) groups is 1. The topological polar surface area (TPSA) is 62.1 Å². The molecule has 0 saturated heterocycles. The van der Waals surface area contributed by atoms with E-state index in [-0.39, 0.29) is 5.57 Å². The van der Waals surface area contributed by atoms with E-state index in [0.29, 0.717) is 19.1 Å². The van der Waals surface area contributed by atoms with Crippen LogP contribution in [0, 0.1) is 18.3 Å². The first-order chi connectivity index (χ1) is 12.5. The second-order valence-corrected chi connectivity index (χ2v) is 6.41. The predicted molar refractivity (Wildman–Crippen MR) is 104 cm³/mol. The number of nitrogens with zero attached hydrogens (tertiary/aromatic N) is 1. The Morgan fingerprint density at radius 1 is 1.15 bits per heavy atom. The monoisotopic (exact) mass is 348 g/mol. The number of ether oxygens (including phenoxy) is 1. The van der Waals surface area contributed by atoms with Crippen LogP contribution in [-0.4, -0.2) is 19.1 Å². The van der Waals surface area contributed by atoms with Crippen molar-refractivity contribution >= 4 is 12.0 Å². The van der Waals surface area contributed by atoms with Gasteiger partial charge in [0.2, 0.25) is 0 Å². The van der Waals surface area contributed by atoms with Gasteiger partial charge < -0.3 is 10.1 Å². The lowest BCUT2D eigenvalue weighted by Crippen LogP contribution is -2.29. The highest BCUT2D eigenvalue weighted by atomic mass is 16.5. The largest absolute Gasteiger partial charge is 0.492 e. The normalized spacial score (nSPS) is 11.1. The second-order valence-electron chi connectivity index (χ2n) is 6.41. The van der Waals surface area contributed by atoms with Crippen LogP contribution in [0.4, 0.5) is 0 Å². The van der Waals surface area contributed by atoms with Gasteiger partial charge in [0.25, 0.3) is 5.91 Å². The van der Waals surface area contributed by atoms with Crippen molar-refractivity contribution in [1.29, 1.82) is 5.26 Å². The summed E-state index contributed by atoms with van der Waals surface area (Å²) in [5, 5.41) is 12.0. The van der Waals surface area contributed by atoms with Gasteiger partial charge in [0, 0.05) is 0 Å². The highest BCUT2D eigenvalue weighted by molar-refractivity contribution is 6.01. The molecular weight excluding hydrogens is 324 g/mol. The molecule has 26 heavy (non-hydrogen) atoms. The molecule has 4 nitrogen and oxygen atoms in total. The number of aryl methyl sites for hydroxylation is 1. The molecule has 0 unspecified atom stereocenters. The van der Waals surface area contributed by atoms with Crippen LogP contribution in [0.25, 0.3) is 6.08 Å². The van der Waals surface area contributed by atoms with Crippen molar-refractivity contribution in [2.75, 3.05) is 13.2 Å². The lowest BCUT2D eigenvalue weighted by Gasteiger charge is -2.08. The summed E-state index contributed by atoms with van der Waals surface area (Å²) in [6.07, 6.45) is 1.60. The molecule has 4 heteroatoms. The number of nitrogens with one attached hydrogen (secondary N) is 1. The number of benzene rings is 2. The Bertz CT molecular complexity index is 798. The highest BCUT2D eigenvalue weighted by Crippen LogP contribution is 2.16. The summed E-state index contributed by atoms with van der Waals surface area (Å²) in [6, 6.07) is 17.5. The SMILES string of the molecule is Cc1ccc(OCCNC(=O)/C(C#N)=C/c2ccc(C(C)C)cc2)cc1. The molecule has 0 saturated carbocycles. The number of hydrogen-bond donors (Lipinski definition) is 1. The number of rotatable bonds is 7.